The number of aromatic nitrogens is 1. The molecule has 2 aromatic carbocycles. The van der Waals surface area contributed by atoms with Gasteiger partial charge in [0.05, 0.1) is 17.7 Å². The summed E-state index contributed by atoms with van der Waals surface area (Å²) >= 11 is 6.11. The number of hydrogen-bond donors (Lipinski definition) is 1. The highest BCUT2D eigenvalue weighted by molar-refractivity contribution is 6.31. The Kier molecular flexibility index (Phi) is 6.85. The third-order valence-corrected chi connectivity index (χ3v) is 5.59. The van der Waals surface area contributed by atoms with Gasteiger partial charge in [0.1, 0.15) is 17.4 Å². The van der Waals surface area contributed by atoms with E-state index >= 15 is 0 Å². The molecule has 0 aliphatic carbocycles. The number of anilines is 1. The van der Waals surface area contributed by atoms with Gasteiger partial charge in [0.2, 0.25) is 0 Å². The van der Waals surface area contributed by atoms with Crippen LogP contribution in [0.5, 0.6) is 5.75 Å². The van der Waals surface area contributed by atoms with Crippen molar-refractivity contribution in [2.45, 2.75) is 20.8 Å². The Morgan fingerprint density at radius 2 is 1.94 bits per heavy atom. The predicted molar refractivity (Wildman–Crippen MR) is 127 cm³/mol. The molecule has 1 N–H and O–H groups in total. The monoisotopic (exact) mass is 464 g/mol. The number of rotatable bonds is 6. The fourth-order valence-corrected chi connectivity index (χ4v) is 3.62. The Hall–Kier alpha value is -4.09. The zero-order chi connectivity index (χ0) is 24.3. The summed E-state index contributed by atoms with van der Waals surface area (Å²) in [6, 6.07) is 13.1. The molecule has 8 nitrogen and oxygen atoms in total. The van der Waals surface area contributed by atoms with Crippen molar-refractivity contribution in [1.82, 2.24) is 4.57 Å². The summed E-state index contributed by atoms with van der Waals surface area (Å²) in [4.78, 5) is 23.5. The lowest BCUT2D eigenvalue weighted by atomic mass is 10.1. The number of non-ortho nitro benzene ring substituents is 1. The summed E-state index contributed by atoms with van der Waals surface area (Å²) < 4.78 is 7.17. The number of hydrogen-bond acceptors (Lipinski definition) is 5. The molecule has 0 saturated carbocycles. The number of nitrogens with zero attached hydrogens (tertiary/aromatic N) is 3. The second-order valence-corrected chi connectivity index (χ2v) is 7.77. The number of nitro groups is 1. The number of nitro benzene ring substituents is 1. The molecule has 0 fully saturated rings. The van der Waals surface area contributed by atoms with Crippen molar-refractivity contribution in [3.8, 4) is 17.5 Å². The van der Waals surface area contributed by atoms with Crippen LogP contribution < -0.4 is 10.1 Å². The quantitative estimate of drug-likeness (QED) is 0.223. The maximum Gasteiger partial charge on any atom is 0.271 e. The third kappa shape index (κ3) is 4.89. The number of carbonyl (C=O) groups is 1. The molecule has 3 aromatic rings. The Morgan fingerprint density at radius 1 is 1.21 bits per heavy atom. The second-order valence-electron chi connectivity index (χ2n) is 7.36. The lowest BCUT2D eigenvalue weighted by Crippen LogP contribution is -2.13. The number of methoxy groups -OCH3 is 1. The van der Waals surface area contributed by atoms with Gasteiger partial charge in [-0.15, -0.1) is 0 Å². The van der Waals surface area contributed by atoms with E-state index in [2.05, 4.69) is 5.32 Å². The van der Waals surface area contributed by atoms with E-state index < -0.39 is 10.8 Å². The number of amides is 1. The number of benzene rings is 2. The molecule has 0 bridgehead atoms. The number of ether oxygens (including phenoxy) is 1. The van der Waals surface area contributed by atoms with Gasteiger partial charge < -0.3 is 14.6 Å². The van der Waals surface area contributed by atoms with E-state index in [9.17, 15) is 20.2 Å². The third-order valence-electron chi connectivity index (χ3n) is 5.18. The van der Waals surface area contributed by atoms with E-state index in [4.69, 9.17) is 16.3 Å². The molecular weight excluding hydrogens is 444 g/mol. The highest BCUT2D eigenvalue weighted by Gasteiger charge is 2.19. The maximum atomic E-state index is 12.7. The second kappa shape index (κ2) is 9.59. The van der Waals surface area contributed by atoms with Gasteiger partial charge in [-0.25, -0.2) is 0 Å². The molecule has 0 unspecified atom stereocenters. The van der Waals surface area contributed by atoms with E-state index in [-0.39, 0.29) is 11.3 Å². The van der Waals surface area contributed by atoms with Crippen molar-refractivity contribution >= 4 is 35.0 Å². The van der Waals surface area contributed by atoms with Gasteiger partial charge in [0.25, 0.3) is 11.6 Å². The molecule has 0 saturated heterocycles. The normalized spacial score (nSPS) is 11.1. The molecule has 3 rings (SSSR count). The SMILES string of the molecule is COc1ccc([N+](=O)[O-])cc1-n1c(C)cc(/C=C(/C#N)C(=O)Nc2ccc(C)c(Cl)c2)c1C. The van der Waals surface area contributed by atoms with Gasteiger partial charge in [-0.1, -0.05) is 17.7 Å². The van der Waals surface area contributed by atoms with Crippen LogP contribution in [0, 0.1) is 42.2 Å². The predicted octanol–water partition coefficient (Wildman–Crippen LogP) is 5.52. The van der Waals surface area contributed by atoms with Gasteiger partial charge in [0.15, 0.2) is 0 Å². The maximum absolute atomic E-state index is 12.7. The molecule has 0 atom stereocenters. The van der Waals surface area contributed by atoms with Crippen molar-refractivity contribution < 1.29 is 14.5 Å². The van der Waals surface area contributed by atoms with Crippen molar-refractivity contribution in [2.24, 2.45) is 0 Å². The molecule has 0 radical (unpaired) electrons. The number of carbonyl (C=O) groups excluding carboxylic acids is 1. The van der Waals surface area contributed by atoms with Gasteiger partial charge in [0, 0.05) is 34.2 Å². The van der Waals surface area contributed by atoms with Crippen LogP contribution in [0.15, 0.2) is 48.0 Å². The minimum atomic E-state index is -0.574. The molecule has 1 heterocycles. The first kappa shape index (κ1) is 23.6. The van der Waals surface area contributed by atoms with Crippen molar-refractivity contribution in [3.63, 3.8) is 0 Å². The standard InChI is InChI=1S/C24H21ClN4O4/c1-14-5-6-19(11-21(14)25)27-24(30)18(13-26)10-17-9-15(2)28(16(17)3)22-12-20(29(31)32)7-8-23(22)33-4/h5-12H,1-4H3,(H,27,30)/b18-10-. The van der Waals surface area contributed by atoms with Crippen LogP contribution in [0.3, 0.4) is 0 Å². The molecule has 168 valence electrons. The fourth-order valence-electron chi connectivity index (χ4n) is 3.44. The number of nitriles is 1. The van der Waals surface area contributed by atoms with Crippen molar-refractivity contribution in [1.29, 1.82) is 5.26 Å². The van der Waals surface area contributed by atoms with E-state index in [1.807, 2.05) is 19.9 Å². The molecule has 1 aromatic heterocycles. The minimum Gasteiger partial charge on any atom is -0.495 e. The highest BCUT2D eigenvalue weighted by Crippen LogP contribution is 2.32. The van der Waals surface area contributed by atoms with Crippen LogP contribution in [0.1, 0.15) is 22.5 Å². The topological polar surface area (TPSA) is 110 Å². The Balaban J connectivity index is 2.01. The minimum absolute atomic E-state index is 0.0794. The highest BCUT2D eigenvalue weighted by atomic mass is 35.5. The van der Waals surface area contributed by atoms with Crippen molar-refractivity contribution in [3.05, 3.63) is 85.7 Å². The van der Waals surface area contributed by atoms with Gasteiger partial charge >= 0.3 is 0 Å². The summed E-state index contributed by atoms with van der Waals surface area (Å²) in [5, 5.41) is 24.0. The Morgan fingerprint density at radius 3 is 2.55 bits per heavy atom. The Bertz CT molecular complexity index is 1330. The van der Waals surface area contributed by atoms with Crippen molar-refractivity contribution in [2.75, 3.05) is 12.4 Å². The Labute approximate surface area is 195 Å². The van der Waals surface area contributed by atoms with Gasteiger partial charge in [-0.2, -0.15) is 5.26 Å². The van der Waals surface area contributed by atoms with Gasteiger partial charge in [-0.05, 0) is 62.2 Å². The first-order chi connectivity index (χ1) is 15.7. The number of halogens is 1. The molecule has 0 aliphatic heterocycles. The van der Waals surface area contributed by atoms with E-state index in [1.165, 1.54) is 31.4 Å². The average Bonchev–Trinajstić information content (AvgIpc) is 3.06. The molecule has 33 heavy (non-hydrogen) atoms. The number of aryl methyl sites for hydroxylation is 2. The summed E-state index contributed by atoms with van der Waals surface area (Å²) in [5.74, 6) is -0.123. The van der Waals surface area contributed by atoms with Crippen LogP contribution in [0.2, 0.25) is 5.02 Å². The summed E-state index contributed by atoms with van der Waals surface area (Å²) in [6.45, 7) is 5.47. The lowest BCUT2D eigenvalue weighted by Gasteiger charge is -2.14. The fraction of sp³-hybridized carbons (Fsp3) is 0.167. The van der Waals surface area contributed by atoms with Crippen LogP contribution in [-0.4, -0.2) is 22.5 Å². The first-order valence-electron chi connectivity index (χ1n) is 9.87. The zero-order valence-corrected chi connectivity index (χ0v) is 19.2. The zero-order valence-electron chi connectivity index (χ0n) is 18.5. The summed E-state index contributed by atoms with van der Waals surface area (Å²) in [6.07, 6.45) is 1.48. The van der Waals surface area contributed by atoms with E-state index in [0.29, 0.717) is 33.4 Å². The number of nitrogens with one attached hydrogen (secondary N) is 1. The van der Waals surface area contributed by atoms with Crippen LogP contribution >= 0.6 is 11.6 Å². The molecular formula is C24H21ClN4O4. The smallest absolute Gasteiger partial charge is 0.271 e. The largest absolute Gasteiger partial charge is 0.495 e. The van der Waals surface area contributed by atoms with E-state index in [1.54, 1.807) is 35.8 Å². The van der Waals surface area contributed by atoms with Crippen LogP contribution in [0.25, 0.3) is 11.8 Å². The van der Waals surface area contributed by atoms with Crippen LogP contribution in [-0.2, 0) is 4.79 Å². The average molecular weight is 465 g/mol. The molecule has 9 heteroatoms. The first-order valence-corrected chi connectivity index (χ1v) is 10.2. The molecule has 0 spiro atoms. The lowest BCUT2D eigenvalue weighted by molar-refractivity contribution is -0.384. The summed E-state index contributed by atoms with van der Waals surface area (Å²) in [5.41, 5.74) is 3.71. The van der Waals surface area contributed by atoms with E-state index in [0.717, 1.165) is 11.3 Å². The van der Waals surface area contributed by atoms with Crippen LogP contribution in [0.4, 0.5) is 11.4 Å². The summed E-state index contributed by atoms with van der Waals surface area (Å²) in [7, 11) is 1.48. The molecule has 1 amide bonds. The molecule has 0 aliphatic rings. The van der Waals surface area contributed by atoms with Gasteiger partial charge in [-0.3, -0.25) is 14.9 Å².